The molecule has 110 valence electrons. The molecule has 7 nitrogen and oxygen atoms in total. The quantitative estimate of drug-likeness (QED) is 0.690. The van der Waals surface area contributed by atoms with Gasteiger partial charge in [-0.05, 0) is 12.0 Å². The lowest BCUT2D eigenvalue weighted by Crippen LogP contribution is -2.15. The standard InChI is InChI=1S/C13H12ClN3O4/c1-7(2)9-6-12(15-16-13(9)18)21-11-4-3-8(17(19)20)5-10(11)14/h3-7H,1-2H3,(H,16,18). The van der Waals surface area contributed by atoms with Gasteiger partial charge in [-0.3, -0.25) is 14.9 Å². The van der Waals surface area contributed by atoms with Gasteiger partial charge in [0.15, 0.2) is 0 Å². The molecule has 0 unspecified atom stereocenters. The van der Waals surface area contributed by atoms with Crippen LogP contribution in [0, 0.1) is 10.1 Å². The molecule has 1 aromatic carbocycles. The number of nitrogens with zero attached hydrogens (tertiary/aromatic N) is 2. The average molecular weight is 310 g/mol. The zero-order valence-electron chi connectivity index (χ0n) is 11.3. The molecule has 0 aliphatic rings. The first kappa shape index (κ1) is 15.0. The topological polar surface area (TPSA) is 98.1 Å². The SMILES string of the molecule is CC(C)c1cc(Oc2ccc([N+](=O)[O-])cc2Cl)n[nH]c1=O. The minimum atomic E-state index is -0.551. The van der Waals surface area contributed by atoms with Crippen molar-refractivity contribution in [2.45, 2.75) is 19.8 Å². The van der Waals surface area contributed by atoms with Gasteiger partial charge in [-0.25, -0.2) is 5.10 Å². The number of aromatic amines is 1. The molecule has 0 spiro atoms. The van der Waals surface area contributed by atoms with E-state index in [1.54, 1.807) is 0 Å². The van der Waals surface area contributed by atoms with Crippen LogP contribution in [0.4, 0.5) is 5.69 Å². The fraction of sp³-hybridized carbons (Fsp3) is 0.231. The molecule has 1 heterocycles. The molecule has 0 bridgehead atoms. The van der Waals surface area contributed by atoms with Crippen LogP contribution in [0.1, 0.15) is 25.3 Å². The van der Waals surface area contributed by atoms with Crippen molar-refractivity contribution in [3.8, 4) is 11.6 Å². The van der Waals surface area contributed by atoms with E-state index in [1.165, 1.54) is 24.3 Å². The van der Waals surface area contributed by atoms with Crippen LogP contribution in [0.2, 0.25) is 5.02 Å². The maximum atomic E-state index is 11.6. The second kappa shape index (κ2) is 5.92. The lowest BCUT2D eigenvalue weighted by Gasteiger charge is -2.08. The molecule has 21 heavy (non-hydrogen) atoms. The minimum Gasteiger partial charge on any atom is -0.436 e. The fourth-order valence-corrected chi connectivity index (χ4v) is 1.89. The number of nitro benzene ring substituents is 1. The third kappa shape index (κ3) is 3.38. The highest BCUT2D eigenvalue weighted by Gasteiger charge is 2.13. The molecule has 0 aliphatic heterocycles. The largest absolute Gasteiger partial charge is 0.436 e. The molecule has 1 N–H and O–H groups in total. The van der Waals surface area contributed by atoms with E-state index in [4.69, 9.17) is 16.3 Å². The number of halogens is 1. The van der Waals surface area contributed by atoms with Crippen LogP contribution < -0.4 is 10.3 Å². The van der Waals surface area contributed by atoms with Crippen molar-refractivity contribution < 1.29 is 9.66 Å². The summed E-state index contributed by atoms with van der Waals surface area (Å²) in [5.74, 6) is 0.386. The van der Waals surface area contributed by atoms with Crippen molar-refractivity contribution in [3.05, 3.63) is 55.3 Å². The molecule has 0 radical (unpaired) electrons. The van der Waals surface area contributed by atoms with Crippen LogP contribution in [-0.2, 0) is 0 Å². The number of aromatic nitrogens is 2. The Bertz CT molecular complexity index is 742. The summed E-state index contributed by atoms with van der Waals surface area (Å²) in [4.78, 5) is 21.7. The van der Waals surface area contributed by atoms with E-state index in [1.807, 2.05) is 13.8 Å². The zero-order valence-corrected chi connectivity index (χ0v) is 12.0. The summed E-state index contributed by atoms with van der Waals surface area (Å²) in [7, 11) is 0. The number of ether oxygens (including phenoxy) is 1. The van der Waals surface area contributed by atoms with Gasteiger partial charge >= 0.3 is 0 Å². The van der Waals surface area contributed by atoms with Gasteiger partial charge < -0.3 is 4.74 Å². The Balaban J connectivity index is 2.32. The van der Waals surface area contributed by atoms with Crippen LogP contribution in [0.3, 0.4) is 0 Å². The molecule has 2 aromatic rings. The monoisotopic (exact) mass is 309 g/mol. The smallest absolute Gasteiger partial charge is 0.271 e. The molecule has 0 fully saturated rings. The first-order valence-electron chi connectivity index (χ1n) is 6.10. The van der Waals surface area contributed by atoms with Gasteiger partial charge in [0.25, 0.3) is 11.2 Å². The lowest BCUT2D eigenvalue weighted by molar-refractivity contribution is -0.384. The van der Waals surface area contributed by atoms with Crippen molar-refractivity contribution >= 4 is 17.3 Å². The number of nitro groups is 1. The predicted octanol–water partition coefficient (Wildman–Crippen LogP) is 3.25. The Morgan fingerprint density at radius 1 is 1.38 bits per heavy atom. The molecular formula is C13H12ClN3O4. The van der Waals surface area contributed by atoms with Crippen LogP contribution in [0.5, 0.6) is 11.6 Å². The maximum Gasteiger partial charge on any atom is 0.271 e. The van der Waals surface area contributed by atoms with Gasteiger partial charge in [0.05, 0.1) is 9.95 Å². The van der Waals surface area contributed by atoms with Crippen molar-refractivity contribution in [1.29, 1.82) is 0 Å². The molecule has 0 aliphatic carbocycles. The van der Waals surface area contributed by atoms with Gasteiger partial charge in [0.1, 0.15) is 5.75 Å². The zero-order chi connectivity index (χ0) is 15.6. The van der Waals surface area contributed by atoms with E-state index in [-0.39, 0.29) is 33.8 Å². The third-order valence-electron chi connectivity index (χ3n) is 2.77. The van der Waals surface area contributed by atoms with Gasteiger partial charge in [-0.2, -0.15) is 0 Å². The van der Waals surface area contributed by atoms with Crippen LogP contribution in [-0.4, -0.2) is 15.1 Å². The predicted molar refractivity (Wildman–Crippen MR) is 77.1 cm³/mol. The van der Waals surface area contributed by atoms with Gasteiger partial charge in [0.2, 0.25) is 5.88 Å². The molecule has 0 saturated carbocycles. The van der Waals surface area contributed by atoms with E-state index >= 15 is 0 Å². The highest BCUT2D eigenvalue weighted by molar-refractivity contribution is 6.32. The summed E-state index contributed by atoms with van der Waals surface area (Å²) < 4.78 is 5.45. The lowest BCUT2D eigenvalue weighted by atomic mass is 10.1. The van der Waals surface area contributed by atoms with E-state index < -0.39 is 4.92 Å². The molecule has 0 amide bonds. The summed E-state index contributed by atoms with van der Waals surface area (Å²) in [6.45, 7) is 3.74. The normalized spacial score (nSPS) is 10.7. The number of rotatable bonds is 4. The Morgan fingerprint density at radius 2 is 2.10 bits per heavy atom. The number of hydrogen-bond acceptors (Lipinski definition) is 5. The van der Waals surface area contributed by atoms with E-state index in [0.717, 1.165) is 0 Å². The van der Waals surface area contributed by atoms with Crippen molar-refractivity contribution in [1.82, 2.24) is 10.2 Å². The van der Waals surface area contributed by atoms with E-state index in [9.17, 15) is 14.9 Å². The van der Waals surface area contributed by atoms with Gasteiger partial charge in [-0.15, -0.1) is 5.10 Å². The molecule has 8 heteroatoms. The maximum absolute atomic E-state index is 11.6. The summed E-state index contributed by atoms with van der Waals surface area (Å²) in [5.41, 5.74) is 0.106. The van der Waals surface area contributed by atoms with Crippen molar-refractivity contribution in [2.24, 2.45) is 0 Å². The number of non-ortho nitro benzene ring substituents is 1. The Morgan fingerprint density at radius 3 is 2.67 bits per heavy atom. The fourth-order valence-electron chi connectivity index (χ4n) is 1.68. The summed E-state index contributed by atoms with van der Waals surface area (Å²) >= 11 is 5.93. The van der Waals surface area contributed by atoms with Gasteiger partial charge in [0, 0.05) is 23.8 Å². The number of H-pyrrole nitrogens is 1. The van der Waals surface area contributed by atoms with E-state index in [0.29, 0.717) is 5.56 Å². The molecule has 0 atom stereocenters. The van der Waals surface area contributed by atoms with Gasteiger partial charge in [-0.1, -0.05) is 25.4 Å². The number of hydrogen-bond donors (Lipinski definition) is 1. The first-order valence-corrected chi connectivity index (χ1v) is 6.47. The van der Waals surface area contributed by atoms with Crippen molar-refractivity contribution in [2.75, 3.05) is 0 Å². The molecule has 0 saturated heterocycles. The second-order valence-electron chi connectivity index (χ2n) is 4.62. The molecule has 1 aromatic heterocycles. The Hall–Kier alpha value is -2.41. The van der Waals surface area contributed by atoms with Crippen LogP contribution >= 0.6 is 11.6 Å². The summed E-state index contributed by atoms with van der Waals surface area (Å²) in [6.07, 6.45) is 0. The average Bonchev–Trinajstić information content (AvgIpc) is 2.42. The summed E-state index contributed by atoms with van der Waals surface area (Å²) in [6, 6.07) is 5.35. The Labute approximate surface area is 124 Å². The highest BCUT2D eigenvalue weighted by Crippen LogP contribution is 2.31. The number of nitrogens with one attached hydrogen (secondary N) is 1. The molecular weight excluding hydrogens is 298 g/mol. The van der Waals surface area contributed by atoms with Crippen LogP contribution in [0.25, 0.3) is 0 Å². The van der Waals surface area contributed by atoms with Crippen LogP contribution in [0.15, 0.2) is 29.1 Å². The highest BCUT2D eigenvalue weighted by atomic mass is 35.5. The second-order valence-corrected chi connectivity index (χ2v) is 5.03. The minimum absolute atomic E-state index is 0.00596. The van der Waals surface area contributed by atoms with E-state index in [2.05, 4.69) is 10.2 Å². The third-order valence-corrected chi connectivity index (χ3v) is 3.07. The summed E-state index contributed by atoms with van der Waals surface area (Å²) in [5, 5.41) is 16.8. The van der Waals surface area contributed by atoms with Crippen molar-refractivity contribution in [3.63, 3.8) is 0 Å². The Kier molecular flexibility index (Phi) is 4.23. The molecule has 2 rings (SSSR count). The number of benzene rings is 1. The first-order chi connectivity index (χ1) is 9.88.